The molecule has 5 aromatic rings. The van der Waals surface area contributed by atoms with Gasteiger partial charge in [-0.15, -0.1) is 0 Å². The van der Waals surface area contributed by atoms with Gasteiger partial charge in [-0.1, -0.05) is 63.2 Å². The van der Waals surface area contributed by atoms with E-state index >= 15 is 8.78 Å². The van der Waals surface area contributed by atoms with Crippen LogP contribution in [-0.4, -0.2) is 62.7 Å². The van der Waals surface area contributed by atoms with Crippen LogP contribution in [0.2, 0.25) is 0 Å². The number of rotatable bonds is 11. The van der Waals surface area contributed by atoms with Gasteiger partial charge in [0, 0.05) is 48.8 Å². The summed E-state index contributed by atoms with van der Waals surface area (Å²) in [5.41, 5.74) is 1.34. The Morgan fingerprint density at radius 3 is 2.31 bits per heavy atom. The van der Waals surface area contributed by atoms with E-state index in [4.69, 9.17) is 4.98 Å². The second-order valence-corrected chi connectivity index (χ2v) is 12.9. The molecule has 0 radical (unpaired) electrons. The largest absolute Gasteiger partial charge is 0.465 e. The van der Waals surface area contributed by atoms with Gasteiger partial charge in [0.2, 0.25) is 5.95 Å². The van der Waals surface area contributed by atoms with E-state index in [1.807, 2.05) is 58.0 Å². The number of nitrogens with zero attached hydrogens (tertiary/aromatic N) is 4. The van der Waals surface area contributed by atoms with Crippen molar-refractivity contribution in [3.05, 3.63) is 118 Å². The van der Waals surface area contributed by atoms with Crippen LogP contribution in [0.4, 0.5) is 19.5 Å². The summed E-state index contributed by atoms with van der Waals surface area (Å²) < 4.78 is 31.1. The molecule has 10 nitrogen and oxygen atoms in total. The number of hydrogen-bond acceptors (Lipinski definition) is 6. The Bertz CT molecular complexity index is 2040. The van der Waals surface area contributed by atoms with E-state index in [1.165, 1.54) is 23.1 Å². The topological polar surface area (TPSA) is 129 Å². The van der Waals surface area contributed by atoms with Gasteiger partial charge in [-0.3, -0.25) is 14.2 Å². The van der Waals surface area contributed by atoms with Crippen molar-refractivity contribution in [3.8, 4) is 16.9 Å². The minimum Gasteiger partial charge on any atom is -0.465 e. The maximum Gasteiger partial charge on any atom is 0.407 e. The van der Waals surface area contributed by atoms with Crippen molar-refractivity contribution in [2.75, 3.05) is 31.5 Å². The summed E-state index contributed by atoms with van der Waals surface area (Å²) in [4.78, 5) is 48.9. The molecule has 0 atom stereocenters. The number of carbonyl (C=O) groups is 2. The van der Waals surface area contributed by atoms with Gasteiger partial charge in [-0.25, -0.2) is 18.6 Å². The number of anilines is 1. The molecule has 12 heteroatoms. The first-order valence-corrected chi connectivity index (χ1v) is 15.9. The lowest BCUT2D eigenvalue weighted by Gasteiger charge is -2.27. The van der Waals surface area contributed by atoms with Crippen LogP contribution in [0.1, 0.15) is 42.3 Å². The first-order valence-electron chi connectivity index (χ1n) is 15.9. The predicted molar refractivity (Wildman–Crippen MR) is 185 cm³/mol. The smallest absolute Gasteiger partial charge is 0.407 e. The number of hydrogen-bond donors (Lipinski definition) is 3. The van der Waals surface area contributed by atoms with Crippen molar-refractivity contribution in [1.82, 2.24) is 24.8 Å². The number of carbonyl (C=O) groups excluding carboxylic acids is 1. The van der Waals surface area contributed by atoms with Crippen LogP contribution < -0.4 is 16.2 Å². The Kier molecular flexibility index (Phi) is 10.4. The van der Waals surface area contributed by atoms with Crippen LogP contribution in [-0.2, 0) is 6.42 Å². The molecule has 0 saturated carbocycles. The summed E-state index contributed by atoms with van der Waals surface area (Å²) in [6.07, 6.45) is -0.439. The zero-order valence-electron chi connectivity index (χ0n) is 27.8. The predicted octanol–water partition coefficient (Wildman–Crippen LogP) is 6.44. The molecular weight excluding hydrogens is 630 g/mol. The van der Waals surface area contributed by atoms with Gasteiger partial charge in [0.05, 0.1) is 5.69 Å². The van der Waals surface area contributed by atoms with Crippen molar-refractivity contribution in [3.63, 3.8) is 0 Å². The summed E-state index contributed by atoms with van der Waals surface area (Å²) in [5, 5.41) is 16.0. The molecule has 0 unspecified atom stereocenters. The van der Waals surface area contributed by atoms with Crippen LogP contribution in [0.15, 0.2) is 83.7 Å². The van der Waals surface area contributed by atoms with Gasteiger partial charge < -0.3 is 20.6 Å². The summed E-state index contributed by atoms with van der Waals surface area (Å²) in [6, 6.07) is 20.9. The number of aryl methyl sites for hydroxylation is 1. The molecule has 0 aliphatic heterocycles. The van der Waals surface area contributed by atoms with Crippen molar-refractivity contribution < 1.29 is 23.5 Å². The van der Waals surface area contributed by atoms with Crippen LogP contribution in [0.3, 0.4) is 0 Å². The summed E-state index contributed by atoms with van der Waals surface area (Å²) >= 11 is 0. The average molecular weight is 669 g/mol. The highest BCUT2D eigenvalue weighted by Crippen LogP contribution is 2.32. The quantitative estimate of drug-likeness (QED) is 0.148. The zero-order chi connectivity index (χ0) is 35.3. The molecule has 3 N–H and O–H groups in total. The van der Waals surface area contributed by atoms with Crippen LogP contribution in [0.5, 0.6) is 0 Å². The first kappa shape index (κ1) is 34.7. The molecule has 0 aliphatic carbocycles. The second kappa shape index (κ2) is 14.6. The minimum atomic E-state index is -1.09. The Balaban J connectivity index is 1.58. The third kappa shape index (κ3) is 8.26. The molecule has 0 spiro atoms. The molecule has 254 valence electrons. The zero-order valence-corrected chi connectivity index (χ0v) is 27.8. The Morgan fingerprint density at radius 1 is 0.918 bits per heavy atom. The van der Waals surface area contributed by atoms with E-state index in [9.17, 15) is 19.5 Å². The number of amides is 2. The molecule has 5 rings (SSSR count). The third-order valence-corrected chi connectivity index (χ3v) is 7.81. The highest BCUT2D eigenvalue weighted by molar-refractivity contribution is 5.98. The van der Waals surface area contributed by atoms with E-state index < -0.39 is 29.0 Å². The average Bonchev–Trinajstić information content (AvgIpc) is 3.05. The number of fused-ring (bicyclic) bond motifs is 1. The monoisotopic (exact) mass is 668 g/mol. The fourth-order valence-corrected chi connectivity index (χ4v) is 5.52. The molecule has 2 aromatic heterocycles. The Hall–Kier alpha value is -5.65. The normalized spacial score (nSPS) is 11.4. The number of para-hydroxylation sites is 1. The number of nitrogens with one attached hydrogen (secondary N) is 2. The number of pyridine rings is 1. The molecule has 3 aromatic carbocycles. The van der Waals surface area contributed by atoms with Gasteiger partial charge >= 0.3 is 6.09 Å². The maximum atomic E-state index is 15.1. The Morgan fingerprint density at radius 2 is 1.63 bits per heavy atom. The van der Waals surface area contributed by atoms with E-state index in [0.29, 0.717) is 35.2 Å². The molecular formula is C37H38F2N6O4. The van der Waals surface area contributed by atoms with Crippen LogP contribution in [0.25, 0.3) is 28.0 Å². The van der Waals surface area contributed by atoms with Crippen LogP contribution >= 0.6 is 0 Å². The van der Waals surface area contributed by atoms with Crippen molar-refractivity contribution in [2.24, 2.45) is 5.41 Å². The second-order valence-electron chi connectivity index (χ2n) is 12.9. The highest BCUT2D eigenvalue weighted by atomic mass is 19.1. The fraction of sp³-hybridized carbons (Fsp3) is 0.270. The SMILES string of the molecule is Cc1ccc(C(=O)NCCc2ccccc2)cc1-c1nc(NCCN(CC(C)(C)C)C(=O)O)nc2c1ccc(=O)n2-c1c(F)cccc1F. The molecule has 0 fully saturated rings. The molecule has 0 bridgehead atoms. The number of benzene rings is 3. The third-order valence-electron chi connectivity index (χ3n) is 7.81. The van der Waals surface area contributed by atoms with Gasteiger partial charge in [0.15, 0.2) is 5.65 Å². The lowest BCUT2D eigenvalue weighted by atomic mass is 9.96. The van der Waals surface area contributed by atoms with Gasteiger partial charge in [0.1, 0.15) is 17.3 Å². The molecule has 49 heavy (non-hydrogen) atoms. The van der Waals surface area contributed by atoms with Gasteiger partial charge in [0.25, 0.3) is 11.5 Å². The van der Waals surface area contributed by atoms with Crippen molar-refractivity contribution in [2.45, 2.75) is 34.1 Å². The molecule has 0 aliphatic rings. The maximum absolute atomic E-state index is 15.1. The first-order chi connectivity index (χ1) is 23.3. The minimum absolute atomic E-state index is 0.00295. The summed E-state index contributed by atoms with van der Waals surface area (Å²) in [6.45, 7) is 8.49. The lowest BCUT2D eigenvalue weighted by molar-refractivity contribution is 0.0954. The van der Waals surface area contributed by atoms with E-state index in [0.717, 1.165) is 27.8 Å². The fourth-order valence-electron chi connectivity index (χ4n) is 5.52. The lowest BCUT2D eigenvalue weighted by Crippen LogP contribution is -2.39. The molecule has 2 heterocycles. The standard InChI is InChI=1S/C37H38F2N6O4/c1-23-13-14-25(34(47)40-18-17-24-9-6-5-7-10-24)21-27(23)31-26-15-16-30(46)45(32-28(38)11-8-12-29(32)39)33(26)43-35(42-31)41-19-20-44(36(48)49)22-37(2,3)4/h5-16,21H,17-20,22H2,1-4H3,(H,40,47)(H,48,49)(H,41,42,43). The Labute approximate surface area is 282 Å². The van der Waals surface area contributed by atoms with Crippen molar-refractivity contribution in [1.29, 1.82) is 0 Å². The summed E-state index contributed by atoms with van der Waals surface area (Å²) in [7, 11) is 0. The summed E-state index contributed by atoms with van der Waals surface area (Å²) in [5.74, 6) is -2.23. The number of carboxylic acid groups (broad SMARTS) is 1. The number of aromatic nitrogens is 3. The van der Waals surface area contributed by atoms with Crippen LogP contribution in [0, 0.1) is 24.0 Å². The van der Waals surface area contributed by atoms with Gasteiger partial charge in [-0.05, 0) is 60.2 Å². The van der Waals surface area contributed by atoms with Crippen molar-refractivity contribution >= 4 is 29.0 Å². The molecule has 2 amide bonds. The number of halogens is 2. The van der Waals surface area contributed by atoms with E-state index in [-0.39, 0.29) is 42.6 Å². The highest BCUT2D eigenvalue weighted by Gasteiger charge is 2.23. The molecule has 0 saturated heterocycles. The van der Waals surface area contributed by atoms with Gasteiger partial charge in [-0.2, -0.15) is 4.98 Å². The van der Waals surface area contributed by atoms with E-state index in [1.54, 1.807) is 18.2 Å². The van der Waals surface area contributed by atoms with E-state index in [2.05, 4.69) is 15.6 Å².